The van der Waals surface area contributed by atoms with Gasteiger partial charge in [-0.15, -0.1) is 0 Å². The van der Waals surface area contributed by atoms with Gasteiger partial charge in [-0.3, -0.25) is 9.59 Å². The number of amides is 1. The molecule has 0 fully saturated rings. The predicted molar refractivity (Wildman–Crippen MR) is 134 cm³/mol. The fourth-order valence-corrected chi connectivity index (χ4v) is 3.90. The maximum absolute atomic E-state index is 12.5. The predicted octanol–water partition coefficient (Wildman–Crippen LogP) is 1.83. The molecule has 1 aromatic carbocycles. The Hall–Kier alpha value is -4.48. The van der Waals surface area contributed by atoms with Crippen LogP contribution in [0, 0.1) is 0 Å². The van der Waals surface area contributed by atoms with Gasteiger partial charge in [0.25, 0.3) is 5.91 Å². The number of fused-ring (bicyclic) bond motifs is 1. The van der Waals surface area contributed by atoms with Crippen LogP contribution < -0.4 is 21.7 Å². The first kappa shape index (κ1) is 26.1. The number of rotatable bonds is 11. The monoisotopic (exact) mass is 495 g/mol. The standard InChI is InChI=1S/C24H29N7O5/c1-3-4-16-14(11-27-21-19(16)20(25)29-24(26)30-21)12-31(2)15-7-5-13(6-8-15)22(34)28-17(23(35)36)9-10-18(32)33/h5-8,11,17H,3-4,9-10,12H2,1-2H3,(H,28,34)(H,32,33)(H,35,36)(H4,25,26,27,29,30)/t17-/m0/s1. The number of carboxylic acids is 2. The molecule has 0 saturated carbocycles. The summed E-state index contributed by atoms with van der Waals surface area (Å²) in [6, 6.07) is 5.36. The van der Waals surface area contributed by atoms with E-state index in [9.17, 15) is 19.5 Å². The van der Waals surface area contributed by atoms with Crippen LogP contribution >= 0.6 is 0 Å². The second-order valence-corrected chi connectivity index (χ2v) is 8.38. The van der Waals surface area contributed by atoms with Gasteiger partial charge in [0, 0.05) is 37.5 Å². The summed E-state index contributed by atoms with van der Waals surface area (Å²) in [5.74, 6) is -2.66. The number of benzene rings is 1. The largest absolute Gasteiger partial charge is 0.481 e. The van der Waals surface area contributed by atoms with Crippen molar-refractivity contribution in [1.29, 1.82) is 0 Å². The molecule has 3 aromatic rings. The topological polar surface area (TPSA) is 198 Å². The first-order chi connectivity index (χ1) is 17.1. The van der Waals surface area contributed by atoms with E-state index in [1.807, 2.05) is 11.9 Å². The number of nitrogens with one attached hydrogen (secondary N) is 1. The molecule has 1 amide bonds. The lowest BCUT2D eigenvalue weighted by molar-refractivity contribution is -0.140. The van der Waals surface area contributed by atoms with Crippen molar-refractivity contribution in [2.24, 2.45) is 0 Å². The number of nitrogens with two attached hydrogens (primary N) is 2. The van der Waals surface area contributed by atoms with Crippen LogP contribution in [0.15, 0.2) is 30.5 Å². The molecule has 190 valence electrons. The number of aliphatic carboxylic acids is 2. The van der Waals surface area contributed by atoms with Gasteiger partial charge in [0.1, 0.15) is 11.9 Å². The second-order valence-electron chi connectivity index (χ2n) is 8.38. The minimum absolute atomic E-state index is 0.0699. The Bertz CT molecular complexity index is 1280. The lowest BCUT2D eigenvalue weighted by Gasteiger charge is -2.22. The minimum Gasteiger partial charge on any atom is -0.481 e. The first-order valence-electron chi connectivity index (χ1n) is 11.4. The van der Waals surface area contributed by atoms with Crippen LogP contribution in [-0.4, -0.2) is 56.1 Å². The molecular weight excluding hydrogens is 466 g/mol. The molecule has 1 atom stereocenters. The maximum atomic E-state index is 12.5. The number of aromatic nitrogens is 3. The highest BCUT2D eigenvalue weighted by Gasteiger charge is 2.22. The van der Waals surface area contributed by atoms with E-state index in [1.165, 1.54) is 0 Å². The molecule has 12 nitrogen and oxygen atoms in total. The van der Waals surface area contributed by atoms with Gasteiger partial charge < -0.3 is 31.9 Å². The third kappa shape index (κ3) is 6.14. The van der Waals surface area contributed by atoms with Crippen LogP contribution in [0.3, 0.4) is 0 Å². The summed E-state index contributed by atoms with van der Waals surface area (Å²) in [4.78, 5) is 49.3. The van der Waals surface area contributed by atoms with Crippen molar-refractivity contribution in [1.82, 2.24) is 20.3 Å². The van der Waals surface area contributed by atoms with E-state index in [-0.39, 0.29) is 30.2 Å². The smallest absolute Gasteiger partial charge is 0.326 e. The number of carboxylic acid groups (broad SMARTS) is 2. The molecule has 0 radical (unpaired) electrons. The van der Waals surface area contributed by atoms with E-state index in [0.717, 1.165) is 29.7 Å². The Morgan fingerprint density at radius 3 is 2.42 bits per heavy atom. The molecule has 3 rings (SSSR count). The van der Waals surface area contributed by atoms with Crippen molar-refractivity contribution in [3.8, 4) is 0 Å². The SMILES string of the molecule is CCCc1c(CN(C)c2ccc(C(=O)N[C@@H](CCC(=O)O)C(=O)O)cc2)cnc2nc(N)nc(N)c12. The summed E-state index contributed by atoms with van der Waals surface area (Å²) >= 11 is 0. The van der Waals surface area contributed by atoms with Crippen LogP contribution in [0.1, 0.15) is 47.7 Å². The third-order valence-electron chi connectivity index (χ3n) is 5.70. The maximum Gasteiger partial charge on any atom is 0.326 e. The van der Waals surface area contributed by atoms with Gasteiger partial charge in [0.15, 0.2) is 5.65 Å². The summed E-state index contributed by atoms with van der Waals surface area (Å²) in [7, 11) is 1.89. The number of carbonyl (C=O) groups excluding carboxylic acids is 1. The minimum atomic E-state index is -1.29. The van der Waals surface area contributed by atoms with Gasteiger partial charge >= 0.3 is 11.9 Å². The fraction of sp³-hybridized carbons (Fsp3) is 0.333. The van der Waals surface area contributed by atoms with Gasteiger partial charge in [-0.2, -0.15) is 9.97 Å². The molecule has 7 N–H and O–H groups in total. The average molecular weight is 496 g/mol. The number of anilines is 3. The molecule has 0 aliphatic heterocycles. The number of nitrogens with zero attached hydrogens (tertiary/aromatic N) is 4. The van der Waals surface area contributed by atoms with E-state index in [4.69, 9.17) is 16.6 Å². The number of hydrogen-bond acceptors (Lipinski definition) is 9. The Morgan fingerprint density at radius 1 is 1.11 bits per heavy atom. The Kier molecular flexibility index (Phi) is 8.20. The fourth-order valence-electron chi connectivity index (χ4n) is 3.90. The van der Waals surface area contributed by atoms with Crippen LogP contribution in [0.5, 0.6) is 0 Å². The van der Waals surface area contributed by atoms with Crippen molar-refractivity contribution in [2.45, 2.75) is 45.2 Å². The Balaban J connectivity index is 1.77. The highest BCUT2D eigenvalue weighted by atomic mass is 16.4. The molecule has 12 heteroatoms. The summed E-state index contributed by atoms with van der Waals surface area (Å²) in [6.07, 6.45) is 2.81. The number of pyridine rings is 1. The van der Waals surface area contributed by atoms with Crippen molar-refractivity contribution >= 4 is 46.3 Å². The van der Waals surface area contributed by atoms with Crippen LogP contribution in [0.25, 0.3) is 11.0 Å². The van der Waals surface area contributed by atoms with Crippen LogP contribution in [0.4, 0.5) is 17.5 Å². The molecule has 0 bridgehead atoms. The van der Waals surface area contributed by atoms with Crippen molar-refractivity contribution in [2.75, 3.05) is 23.4 Å². The van der Waals surface area contributed by atoms with E-state index in [1.54, 1.807) is 30.5 Å². The number of aryl methyl sites for hydroxylation is 1. The van der Waals surface area contributed by atoms with E-state index in [2.05, 4.69) is 27.2 Å². The quantitative estimate of drug-likeness (QED) is 0.260. The molecule has 0 spiro atoms. The van der Waals surface area contributed by atoms with Crippen molar-refractivity contribution < 1.29 is 24.6 Å². The summed E-state index contributed by atoms with van der Waals surface area (Å²) in [5.41, 5.74) is 15.3. The normalized spacial score (nSPS) is 11.7. The second kappa shape index (κ2) is 11.3. The Labute approximate surface area is 207 Å². The summed E-state index contributed by atoms with van der Waals surface area (Å²) in [5, 5.41) is 21.1. The van der Waals surface area contributed by atoms with E-state index < -0.39 is 23.9 Å². The Morgan fingerprint density at radius 2 is 1.81 bits per heavy atom. The highest BCUT2D eigenvalue weighted by molar-refractivity contribution is 5.97. The van der Waals surface area contributed by atoms with Gasteiger partial charge in [-0.05, 0) is 48.2 Å². The zero-order chi connectivity index (χ0) is 26.4. The summed E-state index contributed by atoms with van der Waals surface area (Å²) < 4.78 is 0. The lowest BCUT2D eigenvalue weighted by atomic mass is 10.0. The molecule has 0 aliphatic rings. The molecule has 36 heavy (non-hydrogen) atoms. The molecule has 2 aromatic heterocycles. The molecule has 2 heterocycles. The average Bonchev–Trinajstić information content (AvgIpc) is 2.82. The lowest BCUT2D eigenvalue weighted by Crippen LogP contribution is -2.41. The van der Waals surface area contributed by atoms with Gasteiger partial charge in [-0.25, -0.2) is 9.78 Å². The van der Waals surface area contributed by atoms with Crippen LogP contribution in [0.2, 0.25) is 0 Å². The van der Waals surface area contributed by atoms with Crippen molar-refractivity contribution in [3.05, 3.63) is 47.2 Å². The van der Waals surface area contributed by atoms with Crippen molar-refractivity contribution in [3.63, 3.8) is 0 Å². The number of hydrogen-bond donors (Lipinski definition) is 5. The molecular formula is C24H29N7O5. The van der Waals surface area contributed by atoms with E-state index >= 15 is 0 Å². The molecule has 0 unspecified atom stereocenters. The highest BCUT2D eigenvalue weighted by Crippen LogP contribution is 2.27. The zero-order valence-corrected chi connectivity index (χ0v) is 20.1. The molecule has 0 saturated heterocycles. The third-order valence-corrected chi connectivity index (χ3v) is 5.70. The van der Waals surface area contributed by atoms with Gasteiger partial charge in [0.2, 0.25) is 5.95 Å². The summed E-state index contributed by atoms with van der Waals surface area (Å²) in [6.45, 7) is 2.57. The van der Waals surface area contributed by atoms with Crippen LogP contribution in [-0.2, 0) is 22.6 Å². The van der Waals surface area contributed by atoms with Gasteiger partial charge in [0.05, 0.1) is 5.39 Å². The zero-order valence-electron chi connectivity index (χ0n) is 20.1. The number of carbonyl (C=O) groups is 3. The first-order valence-corrected chi connectivity index (χ1v) is 11.4. The van der Waals surface area contributed by atoms with Gasteiger partial charge in [-0.1, -0.05) is 13.3 Å². The number of nitrogen functional groups attached to an aromatic ring is 2. The molecule has 0 aliphatic carbocycles. The van der Waals surface area contributed by atoms with E-state index in [0.29, 0.717) is 17.6 Å².